The molecule has 1 aromatic carbocycles. The van der Waals surface area contributed by atoms with E-state index < -0.39 is 0 Å². The number of rotatable bonds is 5. The summed E-state index contributed by atoms with van der Waals surface area (Å²) in [5, 5.41) is 0. The first-order valence-electron chi connectivity index (χ1n) is 5.13. The lowest BCUT2D eigenvalue weighted by Gasteiger charge is -2.06. The van der Waals surface area contributed by atoms with Gasteiger partial charge in [-0.15, -0.1) is 0 Å². The van der Waals surface area contributed by atoms with E-state index in [1.54, 1.807) is 0 Å². The van der Waals surface area contributed by atoms with E-state index in [1.807, 2.05) is 18.2 Å². The van der Waals surface area contributed by atoms with Gasteiger partial charge in [0.05, 0.1) is 0 Å². The van der Waals surface area contributed by atoms with Crippen molar-refractivity contribution in [2.75, 3.05) is 0 Å². The van der Waals surface area contributed by atoms with E-state index in [0.29, 0.717) is 4.99 Å². The molecule has 0 saturated carbocycles. The Kier molecular flexibility index (Phi) is 4.60. The molecule has 2 heteroatoms. The molecule has 0 aromatic heterocycles. The van der Waals surface area contributed by atoms with Gasteiger partial charge in [-0.2, -0.15) is 0 Å². The molecule has 0 saturated heterocycles. The summed E-state index contributed by atoms with van der Waals surface area (Å²) < 4.78 is 0. The zero-order valence-corrected chi connectivity index (χ0v) is 9.44. The Morgan fingerprint density at radius 3 is 2.64 bits per heavy atom. The molecule has 0 aliphatic rings. The highest BCUT2D eigenvalue weighted by Crippen LogP contribution is 2.12. The second kappa shape index (κ2) is 5.76. The summed E-state index contributed by atoms with van der Waals surface area (Å²) in [7, 11) is 0. The first-order chi connectivity index (χ1) is 6.75. The Hall–Kier alpha value is -0.890. The molecule has 1 rings (SSSR count). The summed E-state index contributed by atoms with van der Waals surface area (Å²) in [5.41, 5.74) is 7.98. The molecule has 14 heavy (non-hydrogen) atoms. The summed E-state index contributed by atoms with van der Waals surface area (Å²) >= 11 is 5.01. The van der Waals surface area contributed by atoms with Crippen LogP contribution in [0.1, 0.15) is 37.3 Å². The van der Waals surface area contributed by atoms with E-state index in [0.717, 1.165) is 12.0 Å². The average Bonchev–Trinajstić information content (AvgIpc) is 2.19. The second-order valence-electron chi connectivity index (χ2n) is 3.48. The van der Waals surface area contributed by atoms with Gasteiger partial charge in [0.15, 0.2) is 0 Å². The van der Waals surface area contributed by atoms with E-state index in [-0.39, 0.29) is 0 Å². The van der Waals surface area contributed by atoms with Crippen LogP contribution in [0.4, 0.5) is 0 Å². The molecule has 76 valence electrons. The van der Waals surface area contributed by atoms with Crippen LogP contribution in [-0.4, -0.2) is 4.99 Å². The monoisotopic (exact) mass is 207 g/mol. The van der Waals surface area contributed by atoms with Crippen molar-refractivity contribution >= 4 is 17.2 Å². The van der Waals surface area contributed by atoms with E-state index in [1.165, 1.54) is 24.8 Å². The highest BCUT2D eigenvalue weighted by atomic mass is 32.1. The smallest absolute Gasteiger partial charge is 0.104 e. The number of benzene rings is 1. The fraction of sp³-hybridized carbons (Fsp3) is 0.417. The van der Waals surface area contributed by atoms with Crippen LogP contribution in [0.15, 0.2) is 24.3 Å². The Morgan fingerprint density at radius 2 is 2.00 bits per heavy atom. The number of thiocarbonyl (C=S) groups is 1. The van der Waals surface area contributed by atoms with Crippen molar-refractivity contribution in [3.63, 3.8) is 0 Å². The van der Waals surface area contributed by atoms with Crippen molar-refractivity contribution in [2.45, 2.75) is 32.6 Å². The van der Waals surface area contributed by atoms with E-state index in [4.69, 9.17) is 18.0 Å². The number of hydrogen-bond donors (Lipinski definition) is 1. The Morgan fingerprint density at radius 1 is 1.29 bits per heavy atom. The fourth-order valence-electron chi connectivity index (χ4n) is 1.54. The van der Waals surface area contributed by atoms with Gasteiger partial charge >= 0.3 is 0 Å². The van der Waals surface area contributed by atoms with Crippen LogP contribution < -0.4 is 5.73 Å². The van der Waals surface area contributed by atoms with Crippen molar-refractivity contribution in [1.29, 1.82) is 0 Å². The van der Waals surface area contributed by atoms with Crippen molar-refractivity contribution in [1.82, 2.24) is 0 Å². The normalized spacial score (nSPS) is 10.1. The van der Waals surface area contributed by atoms with Crippen LogP contribution in [0.2, 0.25) is 0 Å². The summed E-state index contributed by atoms with van der Waals surface area (Å²) in [6.07, 6.45) is 4.82. The maximum absolute atomic E-state index is 5.65. The summed E-state index contributed by atoms with van der Waals surface area (Å²) in [5.74, 6) is 0. The molecule has 0 bridgehead atoms. The lowest BCUT2D eigenvalue weighted by atomic mass is 10.0. The third-order valence-electron chi connectivity index (χ3n) is 2.33. The van der Waals surface area contributed by atoms with E-state index in [9.17, 15) is 0 Å². The van der Waals surface area contributed by atoms with Gasteiger partial charge in [0.1, 0.15) is 4.99 Å². The maximum Gasteiger partial charge on any atom is 0.104 e. The lowest BCUT2D eigenvalue weighted by molar-refractivity contribution is 0.717. The molecule has 0 spiro atoms. The summed E-state index contributed by atoms with van der Waals surface area (Å²) in [6, 6.07) is 8.15. The van der Waals surface area contributed by atoms with Crippen LogP contribution in [0.3, 0.4) is 0 Å². The quantitative estimate of drug-likeness (QED) is 0.593. The van der Waals surface area contributed by atoms with Crippen LogP contribution in [0.5, 0.6) is 0 Å². The van der Waals surface area contributed by atoms with Crippen molar-refractivity contribution < 1.29 is 0 Å². The SMILES string of the molecule is CCCCCc1ccccc1C(N)=S. The standard InChI is InChI=1S/C12H17NS/c1-2-3-4-7-10-8-5-6-9-11(10)12(13)14/h5-6,8-9H,2-4,7H2,1H3,(H2,13,14). The minimum atomic E-state index is 0.511. The molecule has 0 aliphatic heterocycles. The van der Waals surface area contributed by atoms with Crippen LogP contribution in [-0.2, 0) is 6.42 Å². The Bertz CT molecular complexity index is 307. The zero-order valence-electron chi connectivity index (χ0n) is 8.62. The largest absolute Gasteiger partial charge is 0.389 e. The van der Waals surface area contributed by atoms with E-state index >= 15 is 0 Å². The molecule has 0 fully saturated rings. The minimum Gasteiger partial charge on any atom is -0.389 e. The number of unbranched alkanes of at least 4 members (excludes halogenated alkanes) is 2. The minimum absolute atomic E-state index is 0.511. The first-order valence-corrected chi connectivity index (χ1v) is 5.54. The fourth-order valence-corrected chi connectivity index (χ4v) is 1.74. The number of hydrogen-bond acceptors (Lipinski definition) is 1. The van der Waals surface area contributed by atoms with Gasteiger partial charge < -0.3 is 5.73 Å². The van der Waals surface area contributed by atoms with Crippen molar-refractivity contribution in [2.24, 2.45) is 5.73 Å². The van der Waals surface area contributed by atoms with Crippen molar-refractivity contribution in [3.05, 3.63) is 35.4 Å². The molecular weight excluding hydrogens is 190 g/mol. The van der Waals surface area contributed by atoms with Gasteiger partial charge in [0.25, 0.3) is 0 Å². The summed E-state index contributed by atoms with van der Waals surface area (Å²) in [6.45, 7) is 2.21. The molecule has 1 nitrogen and oxygen atoms in total. The molecule has 0 aliphatic carbocycles. The molecule has 0 radical (unpaired) electrons. The predicted octanol–water partition coefficient (Wildman–Crippen LogP) is 3.05. The van der Waals surface area contributed by atoms with Crippen LogP contribution in [0, 0.1) is 0 Å². The lowest BCUT2D eigenvalue weighted by Crippen LogP contribution is -2.12. The predicted molar refractivity (Wildman–Crippen MR) is 65.6 cm³/mol. The molecule has 0 heterocycles. The molecule has 1 aromatic rings. The third kappa shape index (κ3) is 3.11. The zero-order chi connectivity index (χ0) is 10.4. The maximum atomic E-state index is 5.65. The van der Waals surface area contributed by atoms with E-state index in [2.05, 4.69) is 13.0 Å². The Balaban J connectivity index is 2.69. The third-order valence-corrected chi connectivity index (χ3v) is 2.55. The Labute approximate surface area is 91.3 Å². The highest BCUT2D eigenvalue weighted by Gasteiger charge is 2.02. The molecule has 0 amide bonds. The van der Waals surface area contributed by atoms with Crippen LogP contribution in [0.25, 0.3) is 0 Å². The first kappa shape index (κ1) is 11.2. The topological polar surface area (TPSA) is 26.0 Å². The van der Waals surface area contributed by atoms with Crippen LogP contribution >= 0.6 is 12.2 Å². The van der Waals surface area contributed by atoms with Gasteiger partial charge in [-0.3, -0.25) is 0 Å². The van der Waals surface area contributed by atoms with Gasteiger partial charge in [0.2, 0.25) is 0 Å². The summed E-state index contributed by atoms with van der Waals surface area (Å²) in [4.78, 5) is 0.511. The molecular formula is C12H17NS. The van der Waals surface area contributed by atoms with Crippen molar-refractivity contribution in [3.8, 4) is 0 Å². The number of nitrogens with two attached hydrogens (primary N) is 1. The second-order valence-corrected chi connectivity index (χ2v) is 3.92. The van der Waals surface area contributed by atoms with Gasteiger partial charge in [-0.1, -0.05) is 56.2 Å². The van der Waals surface area contributed by atoms with Gasteiger partial charge in [0, 0.05) is 5.56 Å². The van der Waals surface area contributed by atoms with Gasteiger partial charge in [-0.05, 0) is 18.4 Å². The highest BCUT2D eigenvalue weighted by molar-refractivity contribution is 7.80. The number of aryl methyl sites for hydroxylation is 1. The van der Waals surface area contributed by atoms with Gasteiger partial charge in [-0.25, -0.2) is 0 Å². The average molecular weight is 207 g/mol. The molecule has 0 atom stereocenters. The molecule has 0 unspecified atom stereocenters. The molecule has 2 N–H and O–H groups in total.